The predicted octanol–water partition coefficient (Wildman–Crippen LogP) is 5.42. The largest absolute Gasteiger partial charge is 0.470 e. The van der Waals surface area contributed by atoms with Gasteiger partial charge in [0.2, 0.25) is 5.88 Å². The first-order valence-electron chi connectivity index (χ1n) is 9.70. The van der Waals surface area contributed by atoms with Gasteiger partial charge in [-0.05, 0) is 44.0 Å². The molecule has 0 N–H and O–H groups in total. The van der Waals surface area contributed by atoms with E-state index >= 15 is 0 Å². The Hall–Kier alpha value is -3.68. The van der Waals surface area contributed by atoms with Crippen molar-refractivity contribution in [3.8, 4) is 11.6 Å². The second-order valence-corrected chi connectivity index (χ2v) is 6.77. The first-order chi connectivity index (χ1) is 15.0. The summed E-state index contributed by atoms with van der Waals surface area (Å²) in [5.74, 6) is 0.360. The van der Waals surface area contributed by atoms with E-state index in [1.807, 2.05) is 37.3 Å². The molecule has 0 aliphatic carbocycles. The Morgan fingerprint density at radius 2 is 1.90 bits per heavy atom. The van der Waals surface area contributed by atoms with Crippen LogP contribution in [0.25, 0.3) is 11.3 Å². The average molecular weight is 423 g/mol. The third-order valence-corrected chi connectivity index (χ3v) is 4.53. The maximum absolute atomic E-state index is 12.8. The Labute approximate surface area is 179 Å². The quantitative estimate of drug-likeness (QED) is 0.340. The van der Waals surface area contributed by atoms with Gasteiger partial charge in [-0.2, -0.15) is 0 Å². The molecule has 0 aliphatic heterocycles. The highest BCUT2D eigenvalue weighted by Gasteiger charge is 2.14. The first-order valence-corrected chi connectivity index (χ1v) is 9.70. The number of ether oxygens (including phenoxy) is 1. The van der Waals surface area contributed by atoms with Gasteiger partial charge in [0.15, 0.2) is 0 Å². The Bertz CT molecular complexity index is 1070. The molecule has 0 bridgehead atoms. The number of rotatable bonds is 9. The Balaban J connectivity index is 1.69. The van der Waals surface area contributed by atoms with Crippen molar-refractivity contribution in [3.63, 3.8) is 0 Å². The van der Waals surface area contributed by atoms with E-state index in [1.165, 1.54) is 12.1 Å². The number of allylic oxidation sites excluding steroid dienone is 5. The summed E-state index contributed by atoms with van der Waals surface area (Å²) in [6.45, 7) is 7.59. The molecule has 0 aliphatic rings. The van der Waals surface area contributed by atoms with Crippen LogP contribution in [-0.2, 0) is 6.61 Å². The van der Waals surface area contributed by atoms with Gasteiger partial charge in [-0.25, -0.2) is 13.5 Å². The van der Waals surface area contributed by atoms with Crippen LogP contribution >= 0.6 is 0 Å². The van der Waals surface area contributed by atoms with Gasteiger partial charge in [-0.15, -0.1) is 21.9 Å². The molecule has 2 heterocycles. The molecule has 0 atom stereocenters. The normalized spacial score (nSPS) is 12.0. The maximum atomic E-state index is 12.8. The lowest BCUT2D eigenvalue weighted by atomic mass is 10.2. The van der Waals surface area contributed by atoms with Crippen LogP contribution in [0.2, 0.25) is 0 Å². The van der Waals surface area contributed by atoms with Crippen LogP contribution in [0.1, 0.15) is 42.4 Å². The van der Waals surface area contributed by atoms with Crippen LogP contribution in [-0.4, -0.2) is 25.2 Å². The van der Waals surface area contributed by atoms with E-state index in [1.54, 1.807) is 29.8 Å². The van der Waals surface area contributed by atoms with Crippen molar-refractivity contribution in [3.05, 3.63) is 89.9 Å². The number of hydrogen-bond acceptors (Lipinski definition) is 5. The summed E-state index contributed by atoms with van der Waals surface area (Å²) >= 11 is 0. The summed E-state index contributed by atoms with van der Waals surface area (Å²) in [7, 11) is 0. The molecule has 0 radical (unpaired) electrons. The average Bonchev–Trinajstić information content (AvgIpc) is 3.15. The summed E-state index contributed by atoms with van der Waals surface area (Å²) < 4.78 is 32.9. The van der Waals surface area contributed by atoms with Gasteiger partial charge < -0.3 is 4.74 Å². The summed E-state index contributed by atoms with van der Waals surface area (Å²) in [6, 6.07) is 9.47. The Morgan fingerprint density at radius 1 is 1.13 bits per heavy atom. The standard InChI is InChI=1S/C23H23F2N5O/c1-4-5-6-7-8-16(2)20-13-14-22(28-27-20)31-15-21-17(3)26-29-30(21)19-11-9-18(10-12-19)23(24)25/h4,6-14,23H,1,5,15H2,2-3H3/b7-6-,16-8+. The number of alkyl halides is 2. The molecule has 1 aromatic carbocycles. The highest BCUT2D eigenvalue weighted by atomic mass is 19.3. The summed E-state index contributed by atoms with van der Waals surface area (Å²) in [6.07, 6.45) is 6.03. The molecular weight excluding hydrogens is 400 g/mol. The SMILES string of the molecule is C=CC/C=C\C=C(/C)c1ccc(OCc2c(C)nnn2-c2ccc(C(F)F)cc2)nn1. The molecule has 3 rings (SSSR count). The molecule has 0 saturated carbocycles. The minimum absolute atomic E-state index is 0.0470. The van der Waals surface area contributed by atoms with Crippen LogP contribution in [0, 0.1) is 6.92 Å². The molecule has 0 unspecified atom stereocenters. The predicted molar refractivity (Wildman–Crippen MR) is 115 cm³/mol. The molecule has 160 valence electrons. The zero-order chi connectivity index (χ0) is 22.2. The molecule has 6 nitrogen and oxygen atoms in total. The first kappa shape index (κ1) is 22.0. The second-order valence-electron chi connectivity index (χ2n) is 6.77. The van der Waals surface area contributed by atoms with Gasteiger partial charge in [0.1, 0.15) is 12.3 Å². The van der Waals surface area contributed by atoms with E-state index in [-0.39, 0.29) is 12.2 Å². The van der Waals surface area contributed by atoms with Gasteiger partial charge in [0, 0.05) is 11.6 Å². The van der Waals surface area contributed by atoms with Crippen LogP contribution in [0.5, 0.6) is 5.88 Å². The molecule has 0 amide bonds. The third-order valence-electron chi connectivity index (χ3n) is 4.53. The number of hydrogen-bond donors (Lipinski definition) is 0. The molecule has 0 fully saturated rings. The number of aryl methyl sites for hydroxylation is 1. The van der Waals surface area contributed by atoms with E-state index in [0.29, 0.717) is 23.0 Å². The van der Waals surface area contributed by atoms with E-state index in [4.69, 9.17) is 4.74 Å². The van der Waals surface area contributed by atoms with Crippen molar-refractivity contribution in [2.75, 3.05) is 0 Å². The van der Waals surface area contributed by atoms with Gasteiger partial charge in [-0.3, -0.25) is 0 Å². The van der Waals surface area contributed by atoms with Crippen molar-refractivity contribution in [1.29, 1.82) is 0 Å². The number of halogens is 2. The van der Waals surface area contributed by atoms with E-state index in [2.05, 4.69) is 27.1 Å². The molecule has 31 heavy (non-hydrogen) atoms. The number of benzene rings is 1. The lowest BCUT2D eigenvalue weighted by Gasteiger charge is -2.09. The minimum atomic E-state index is -2.52. The van der Waals surface area contributed by atoms with Crippen molar-refractivity contribution in [2.45, 2.75) is 33.3 Å². The molecule has 0 spiro atoms. The fourth-order valence-electron chi connectivity index (χ4n) is 2.73. The zero-order valence-electron chi connectivity index (χ0n) is 17.4. The highest BCUT2D eigenvalue weighted by Crippen LogP contribution is 2.21. The van der Waals surface area contributed by atoms with Gasteiger partial charge in [-0.1, -0.05) is 41.7 Å². The highest BCUT2D eigenvalue weighted by molar-refractivity contribution is 5.61. The lowest BCUT2D eigenvalue weighted by Crippen LogP contribution is -2.08. The monoisotopic (exact) mass is 423 g/mol. The smallest absolute Gasteiger partial charge is 0.263 e. The fourth-order valence-corrected chi connectivity index (χ4v) is 2.73. The van der Waals surface area contributed by atoms with Crippen LogP contribution in [0.4, 0.5) is 8.78 Å². The van der Waals surface area contributed by atoms with Crippen LogP contribution in [0.15, 0.2) is 67.3 Å². The van der Waals surface area contributed by atoms with Crippen molar-refractivity contribution >= 4 is 5.57 Å². The molecule has 0 saturated heterocycles. The van der Waals surface area contributed by atoms with Gasteiger partial charge >= 0.3 is 0 Å². The van der Waals surface area contributed by atoms with E-state index in [9.17, 15) is 8.78 Å². The summed E-state index contributed by atoms with van der Waals surface area (Å²) in [5, 5.41) is 16.5. The number of aromatic nitrogens is 5. The molecule has 3 aromatic rings. The van der Waals surface area contributed by atoms with Crippen molar-refractivity contribution in [1.82, 2.24) is 25.2 Å². The molecule has 2 aromatic heterocycles. The van der Waals surface area contributed by atoms with Gasteiger partial charge in [0.25, 0.3) is 6.43 Å². The van der Waals surface area contributed by atoms with E-state index in [0.717, 1.165) is 17.7 Å². The topological polar surface area (TPSA) is 65.7 Å². The lowest BCUT2D eigenvalue weighted by molar-refractivity contribution is 0.151. The Kier molecular flexibility index (Phi) is 7.37. The molecule has 8 heteroatoms. The van der Waals surface area contributed by atoms with E-state index < -0.39 is 6.43 Å². The van der Waals surface area contributed by atoms with Crippen molar-refractivity contribution in [2.24, 2.45) is 0 Å². The summed E-state index contributed by atoms with van der Waals surface area (Å²) in [5.41, 5.74) is 3.67. The molecular formula is C23H23F2N5O. The minimum Gasteiger partial charge on any atom is -0.470 e. The zero-order valence-corrected chi connectivity index (χ0v) is 17.4. The van der Waals surface area contributed by atoms with Crippen LogP contribution < -0.4 is 4.74 Å². The number of nitrogens with zero attached hydrogens (tertiary/aromatic N) is 5. The summed E-state index contributed by atoms with van der Waals surface area (Å²) in [4.78, 5) is 0. The van der Waals surface area contributed by atoms with Crippen molar-refractivity contribution < 1.29 is 13.5 Å². The van der Waals surface area contributed by atoms with Crippen LogP contribution in [0.3, 0.4) is 0 Å². The maximum Gasteiger partial charge on any atom is 0.263 e. The van der Waals surface area contributed by atoms with Gasteiger partial charge in [0.05, 0.1) is 17.1 Å². The fraction of sp³-hybridized carbons (Fsp3) is 0.217. The second kappa shape index (κ2) is 10.4. The Morgan fingerprint density at radius 3 is 2.55 bits per heavy atom. The third kappa shape index (κ3) is 5.69.